The van der Waals surface area contributed by atoms with Gasteiger partial charge < -0.3 is 10.2 Å². The van der Waals surface area contributed by atoms with E-state index in [1.807, 2.05) is 0 Å². The number of hydrogen-bond donors (Lipinski definition) is 1. The van der Waals surface area contributed by atoms with Crippen LogP contribution in [-0.4, -0.2) is 30.6 Å². The van der Waals surface area contributed by atoms with E-state index in [1.54, 1.807) is 0 Å². The van der Waals surface area contributed by atoms with E-state index in [-0.39, 0.29) is 0 Å². The lowest BCUT2D eigenvalue weighted by atomic mass is 10.0. The van der Waals surface area contributed by atoms with Crippen LogP contribution in [0.2, 0.25) is 0 Å². The molecule has 0 unspecified atom stereocenters. The van der Waals surface area contributed by atoms with Crippen molar-refractivity contribution in [2.24, 2.45) is 0 Å². The average molecular weight is 344 g/mol. The van der Waals surface area contributed by atoms with Gasteiger partial charge in [-0.3, -0.25) is 0 Å². The summed E-state index contributed by atoms with van der Waals surface area (Å²) in [6.07, 6.45) is 3.81. The smallest absolute Gasteiger partial charge is 0.0343 e. The van der Waals surface area contributed by atoms with Crippen LogP contribution < -0.4 is 5.32 Å². The largest absolute Gasteiger partial charge is 0.382 e. The number of likely N-dealkylation sites (tertiary alicyclic amines) is 1. The third-order valence-corrected chi connectivity index (χ3v) is 4.06. The Morgan fingerprint density at radius 1 is 1.24 bits per heavy atom. The zero-order valence-corrected chi connectivity index (χ0v) is 12.6. The van der Waals surface area contributed by atoms with Gasteiger partial charge >= 0.3 is 0 Å². The molecular formula is C14H21IN2. The van der Waals surface area contributed by atoms with Crippen molar-refractivity contribution < 1.29 is 0 Å². The summed E-state index contributed by atoms with van der Waals surface area (Å²) in [6.45, 7) is 6.01. The molecule has 0 aliphatic carbocycles. The Kier molecular flexibility index (Phi) is 5.10. The third-order valence-electron chi connectivity index (χ3n) is 3.34. The van der Waals surface area contributed by atoms with Crippen LogP contribution in [0.1, 0.15) is 26.2 Å². The topological polar surface area (TPSA) is 15.3 Å². The highest BCUT2D eigenvalue weighted by Crippen LogP contribution is 2.17. The number of nitrogens with zero attached hydrogens (tertiary/aromatic N) is 1. The Morgan fingerprint density at radius 2 is 1.88 bits per heavy atom. The van der Waals surface area contributed by atoms with Gasteiger partial charge in [-0.15, -0.1) is 0 Å². The van der Waals surface area contributed by atoms with Crippen LogP contribution in [0.4, 0.5) is 5.69 Å². The monoisotopic (exact) mass is 344 g/mol. The first-order valence-corrected chi connectivity index (χ1v) is 7.60. The van der Waals surface area contributed by atoms with Gasteiger partial charge in [-0.2, -0.15) is 0 Å². The van der Waals surface area contributed by atoms with Crippen molar-refractivity contribution in [1.82, 2.24) is 4.90 Å². The Hall–Kier alpha value is -0.290. The lowest BCUT2D eigenvalue weighted by molar-refractivity contribution is 0.219. The quantitative estimate of drug-likeness (QED) is 0.840. The van der Waals surface area contributed by atoms with E-state index in [0.29, 0.717) is 6.04 Å². The highest BCUT2D eigenvalue weighted by molar-refractivity contribution is 14.1. The van der Waals surface area contributed by atoms with Gasteiger partial charge in [-0.05, 0) is 72.7 Å². The maximum absolute atomic E-state index is 3.64. The summed E-state index contributed by atoms with van der Waals surface area (Å²) in [6, 6.07) is 9.34. The van der Waals surface area contributed by atoms with E-state index in [9.17, 15) is 0 Å². The molecule has 3 heteroatoms. The van der Waals surface area contributed by atoms with Crippen molar-refractivity contribution in [3.63, 3.8) is 0 Å². The van der Waals surface area contributed by atoms with E-state index in [2.05, 4.69) is 64.0 Å². The Balaban J connectivity index is 1.79. The number of benzene rings is 1. The molecule has 2 rings (SSSR count). The van der Waals surface area contributed by atoms with Crippen LogP contribution in [0, 0.1) is 3.57 Å². The zero-order valence-electron chi connectivity index (χ0n) is 10.5. The van der Waals surface area contributed by atoms with E-state index in [4.69, 9.17) is 0 Å². The Labute approximate surface area is 118 Å². The van der Waals surface area contributed by atoms with Crippen LogP contribution >= 0.6 is 22.6 Å². The van der Waals surface area contributed by atoms with Crippen molar-refractivity contribution in [3.05, 3.63) is 27.8 Å². The lowest BCUT2D eigenvalue weighted by Gasteiger charge is -2.32. The SMILES string of the molecule is CCCN1CCC(Nc2ccc(I)cc2)CC1. The Bertz CT molecular complexity index is 329. The molecule has 0 saturated carbocycles. The zero-order chi connectivity index (χ0) is 12.1. The molecule has 1 heterocycles. The van der Waals surface area contributed by atoms with Crippen molar-refractivity contribution in [2.75, 3.05) is 25.0 Å². The number of anilines is 1. The van der Waals surface area contributed by atoms with Crippen LogP contribution in [-0.2, 0) is 0 Å². The average Bonchev–Trinajstić information content (AvgIpc) is 2.35. The maximum atomic E-state index is 3.64. The summed E-state index contributed by atoms with van der Waals surface area (Å²) in [5, 5.41) is 3.64. The minimum absolute atomic E-state index is 0.656. The fourth-order valence-corrected chi connectivity index (χ4v) is 2.76. The third kappa shape index (κ3) is 4.14. The number of halogens is 1. The first-order chi connectivity index (χ1) is 8.28. The number of rotatable bonds is 4. The van der Waals surface area contributed by atoms with Crippen LogP contribution in [0.3, 0.4) is 0 Å². The summed E-state index contributed by atoms with van der Waals surface area (Å²) in [5.41, 5.74) is 1.26. The standard InChI is InChI=1S/C14H21IN2/c1-2-9-17-10-7-14(8-11-17)16-13-5-3-12(15)4-6-13/h3-6,14,16H,2,7-11H2,1H3. The number of piperidine rings is 1. The summed E-state index contributed by atoms with van der Waals surface area (Å²) >= 11 is 2.34. The summed E-state index contributed by atoms with van der Waals surface area (Å²) < 4.78 is 1.30. The van der Waals surface area contributed by atoms with Gasteiger partial charge in [0.25, 0.3) is 0 Å². The molecule has 1 aliphatic rings. The molecule has 0 bridgehead atoms. The van der Waals surface area contributed by atoms with Gasteiger partial charge in [0.05, 0.1) is 0 Å². The van der Waals surface area contributed by atoms with Crippen LogP contribution in [0.15, 0.2) is 24.3 Å². The normalized spacial score (nSPS) is 18.2. The highest BCUT2D eigenvalue weighted by Gasteiger charge is 2.17. The van der Waals surface area contributed by atoms with Crippen molar-refractivity contribution in [3.8, 4) is 0 Å². The van der Waals surface area contributed by atoms with Crippen molar-refractivity contribution in [2.45, 2.75) is 32.2 Å². The predicted octanol–water partition coefficient (Wildman–Crippen LogP) is 3.58. The first kappa shape index (κ1) is 13.1. The minimum atomic E-state index is 0.656. The number of nitrogens with one attached hydrogen (secondary N) is 1. The molecule has 94 valence electrons. The number of hydrogen-bond acceptors (Lipinski definition) is 2. The molecule has 0 spiro atoms. The fourth-order valence-electron chi connectivity index (χ4n) is 2.40. The van der Waals surface area contributed by atoms with Gasteiger partial charge in [0, 0.05) is 28.4 Å². The highest BCUT2D eigenvalue weighted by atomic mass is 127. The van der Waals surface area contributed by atoms with Gasteiger partial charge in [-0.25, -0.2) is 0 Å². The summed E-state index contributed by atoms with van der Waals surface area (Å²) in [7, 11) is 0. The molecule has 0 amide bonds. The van der Waals surface area contributed by atoms with E-state index < -0.39 is 0 Å². The fraction of sp³-hybridized carbons (Fsp3) is 0.571. The Morgan fingerprint density at radius 3 is 2.47 bits per heavy atom. The molecule has 0 aromatic heterocycles. The molecule has 1 aromatic carbocycles. The molecule has 1 saturated heterocycles. The summed E-state index contributed by atoms with van der Waals surface area (Å²) in [4.78, 5) is 2.58. The van der Waals surface area contributed by atoms with E-state index >= 15 is 0 Å². The summed E-state index contributed by atoms with van der Waals surface area (Å²) in [5.74, 6) is 0. The molecule has 0 radical (unpaired) electrons. The molecule has 1 aliphatic heterocycles. The first-order valence-electron chi connectivity index (χ1n) is 6.52. The minimum Gasteiger partial charge on any atom is -0.382 e. The maximum Gasteiger partial charge on any atom is 0.0343 e. The molecule has 0 atom stereocenters. The molecule has 1 fully saturated rings. The second-order valence-electron chi connectivity index (χ2n) is 4.77. The lowest BCUT2D eigenvalue weighted by Crippen LogP contribution is -2.39. The predicted molar refractivity (Wildman–Crippen MR) is 82.5 cm³/mol. The van der Waals surface area contributed by atoms with Crippen molar-refractivity contribution in [1.29, 1.82) is 0 Å². The second kappa shape index (κ2) is 6.59. The molecular weight excluding hydrogens is 323 g/mol. The van der Waals surface area contributed by atoms with Gasteiger partial charge in [0.2, 0.25) is 0 Å². The van der Waals surface area contributed by atoms with E-state index in [0.717, 1.165) is 0 Å². The molecule has 2 nitrogen and oxygen atoms in total. The molecule has 17 heavy (non-hydrogen) atoms. The van der Waals surface area contributed by atoms with E-state index in [1.165, 1.54) is 48.2 Å². The second-order valence-corrected chi connectivity index (χ2v) is 6.01. The van der Waals surface area contributed by atoms with Gasteiger partial charge in [0.1, 0.15) is 0 Å². The molecule has 1 aromatic rings. The van der Waals surface area contributed by atoms with Crippen LogP contribution in [0.5, 0.6) is 0 Å². The van der Waals surface area contributed by atoms with Gasteiger partial charge in [-0.1, -0.05) is 6.92 Å². The van der Waals surface area contributed by atoms with Crippen LogP contribution in [0.25, 0.3) is 0 Å². The van der Waals surface area contributed by atoms with Crippen molar-refractivity contribution >= 4 is 28.3 Å². The molecule has 1 N–H and O–H groups in total. The van der Waals surface area contributed by atoms with Gasteiger partial charge in [0.15, 0.2) is 0 Å².